The molecule has 3 rings (SSSR count). The van der Waals surface area contributed by atoms with Crippen molar-refractivity contribution < 1.29 is 22.3 Å². The van der Waals surface area contributed by atoms with Gasteiger partial charge in [0.2, 0.25) is 5.82 Å². The molecule has 1 nitrogen and oxygen atoms in total. The maximum absolute atomic E-state index is 14.8. The Bertz CT molecular complexity index is 1030. The highest BCUT2D eigenvalue weighted by molar-refractivity contribution is 5.72. The Labute approximate surface area is 173 Å². The van der Waals surface area contributed by atoms with E-state index in [1.165, 1.54) is 18.2 Å². The van der Waals surface area contributed by atoms with Crippen LogP contribution in [0.5, 0.6) is 5.75 Å². The highest BCUT2D eigenvalue weighted by atomic mass is 19.2. The van der Waals surface area contributed by atoms with Crippen LogP contribution < -0.4 is 4.74 Å². The Hall–Kier alpha value is -3.08. The zero-order valence-electron chi connectivity index (χ0n) is 16.6. The summed E-state index contributed by atoms with van der Waals surface area (Å²) in [6, 6.07) is 14.3. The summed E-state index contributed by atoms with van der Waals surface area (Å²) in [4.78, 5) is 0. The quantitative estimate of drug-likeness (QED) is 0.272. The number of ether oxygens (including phenoxy) is 1. The Morgan fingerprint density at radius 3 is 2.20 bits per heavy atom. The van der Waals surface area contributed by atoms with Crippen LogP contribution in [0.3, 0.4) is 0 Å². The van der Waals surface area contributed by atoms with Crippen LogP contribution in [0.1, 0.15) is 25.3 Å². The average Bonchev–Trinajstić information content (AvgIpc) is 2.75. The molecule has 5 heteroatoms. The van der Waals surface area contributed by atoms with E-state index in [2.05, 4.69) is 0 Å². The first-order valence-electron chi connectivity index (χ1n) is 9.78. The molecule has 0 atom stereocenters. The van der Waals surface area contributed by atoms with Gasteiger partial charge in [-0.1, -0.05) is 48.6 Å². The SMILES string of the molecule is CCOc1ccc(-c2ccc(-c3ccc(/C=C/CCCF)cc3)c(F)c2)c(F)c1F. The van der Waals surface area contributed by atoms with Crippen LogP contribution in [-0.2, 0) is 0 Å². The van der Waals surface area contributed by atoms with Crippen LogP contribution in [-0.4, -0.2) is 13.3 Å². The summed E-state index contributed by atoms with van der Waals surface area (Å²) >= 11 is 0. The van der Waals surface area contributed by atoms with E-state index >= 15 is 0 Å². The van der Waals surface area contributed by atoms with Gasteiger partial charge in [0.05, 0.1) is 13.3 Å². The first-order valence-corrected chi connectivity index (χ1v) is 9.78. The fourth-order valence-electron chi connectivity index (χ4n) is 3.13. The largest absolute Gasteiger partial charge is 0.491 e. The third kappa shape index (κ3) is 4.90. The van der Waals surface area contributed by atoms with Crippen LogP contribution in [0, 0.1) is 17.5 Å². The molecule has 0 bridgehead atoms. The number of benzene rings is 3. The van der Waals surface area contributed by atoms with Crippen molar-refractivity contribution in [3.8, 4) is 28.0 Å². The molecule has 30 heavy (non-hydrogen) atoms. The van der Waals surface area contributed by atoms with Crippen LogP contribution in [0.25, 0.3) is 28.3 Å². The van der Waals surface area contributed by atoms with E-state index in [9.17, 15) is 17.6 Å². The van der Waals surface area contributed by atoms with Gasteiger partial charge in [-0.05, 0) is 54.7 Å². The van der Waals surface area contributed by atoms with Gasteiger partial charge in [-0.2, -0.15) is 4.39 Å². The van der Waals surface area contributed by atoms with Crippen LogP contribution >= 0.6 is 0 Å². The number of allylic oxidation sites excluding steroid dienone is 1. The summed E-state index contributed by atoms with van der Waals surface area (Å²) < 4.78 is 60.5. The van der Waals surface area contributed by atoms with Gasteiger partial charge in [-0.25, -0.2) is 8.78 Å². The summed E-state index contributed by atoms with van der Waals surface area (Å²) in [5.41, 5.74) is 2.16. The van der Waals surface area contributed by atoms with Crippen molar-refractivity contribution in [1.29, 1.82) is 0 Å². The van der Waals surface area contributed by atoms with Crippen molar-refractivity contribution in [2.45, 2.75) is 19.8 Å². The lowest BCUT2D eigenvalue weighted by molar-refractivity contribution is 0.314. The Morgan fingerprint density at radius 1 is 0.833 bits per heavy atom. The average molecular weight is 414 g/mol. The minimum atomic E-state index is -1.09. The summed E-state index contributed by atoms with van der Waals surface area (Å²) in [5, 5.41) is 0. The lowest BCUT2D eigenvalue weighted by Crippen LogP contribution is -1.99. The second-order valence-electron chi connectivity index (χ2n) is 6.72. The molecular formula is C25H22F4O. The van der Waals surface area contributed by atoms with Gasteiger partial charge >= 0.3 is 0 Å². The molecule has 0 amide bonds. The third-order valence-corrected chi connectivity index (χ3v) is 4.66. The zero-order valence-corrected chi connectivity index (χ0v) is 16.6. The van der Waals surface area contributed by atoms with E-state index in [1.54, 1.807) is 31.2 Å². The van der Waals surface area contributed by atoms with Crippen molar-refractivity contribution in [3.05, 3.63) is 83.7 Å². The van der Waals surface area contributed by atoms with Gasteiger partial charge in [-0.3, -0.25) is 4.39 Å². The molecule has 0 saturated heterocycles. The zero-order chi connectivity index (χ0) is 21.5. The molecule has 3 aromatic carbocycles. The summed E-state index contributed by atoms with van der Waals surface area (Å²) in [5.74, 6) is -2.87. The second-order valence-corrected chi connectivity index (χ2v) is 6.72. The number of alkyl halides is 1. The van der Waals surface area contributed by atoms with Crippen molar-refractivity contribution in [1.82, 2.24) is 0 Å². The Balaban J connectivity index is 1.84. The van der Waals surface area contributed by atoms with Gasteiger partial charge in [0.1, 0.15) is 5.82 Å². The maximum Gasteiger partial charge on any atom is 0.201 e. The fraction of sp³-hybridized carbons (Fsp3) is 0.200. The van der Waals surface area contributed by atoms with E-state index in [-0.39, 0.29) is 30.2 Å². The van der Waals surface area contributed by atoms with E-state index in [1.807, 2.05) is 24.3 Å². The monoisotopic (exact) mass is 414 g/mol. The van der Waals surface area contributed by atoms with E-state index in [0.29, 0.717) is 24.0 Å². The summed E-state index contributed by atoms with van der Waals surface area (Å²) in [6.07, 6.45) is 4.94. The number of halogens is 4. The Morgan fingerprint density at radius 2 is 1.53 bits per heavy atom. The predicted molar refractivity (Wildman–Crippen MR) is 113 cm³/mol. The van der Waals surface area contributed by atoms with Crippen LogP contribution in [0.15, 0.2) is 60.7 Å². The van der Waals surface area contributed by atoms with Crippen LogP contribution in [0.4, 0.5) is 17.6 Å². The number of hydrogen-bond donors (Lipinski definition) is 0. The molecule has 0 radical (unpaired) electrons. The second kappa shape index (κ2) is 10.1. The first-order chi connectivity index (χ1) is 14.5. The van der Waals surface area contributed by atoms with Gasteiger partial charge in [-0.15, -0.1) is 0 Å². The molecule has 0 N–H and O–H groups in total. The topological polar surface area (TPSA) is 9.23 Å². The van der Waals surface area contributed by atoms with E-state index in [4.69, 9.17) is 4.74 Å². The third-order valence-electron chi connectivity index (χ3n) is 4.66. The molecule has 0 fully saturated rings. The molecule has 0 aliphatic heterocycles. The minimum absolute atomic E-state index is 0.0323. The van der Waals surface area contributed by atoms with E-state index in [0.717, 1.165) is 5.56 Å². The smallest absolute Gasteiger partial charge is 0.201 e. The maximum atomic E-state index is 14.8. The first kappa shape index (κ1) is 21.6. The molecule has 0 aliphatic carbocycles. The van der Waals surface area contributed by atoms with Crippen LogP contribution in [0.2, 0.25) is 0 Å². The molecule has 0 unspecified atom stereocenters. The molecule has 156 valence electrons. The van der Waals surface area contributed by atoms with Crippen molar-refractivity contribution in [3.63, 3.8) is 0 Å². The molecule has 0 heterocycles. The summed E-state index contributed by atoms with van der Waals surface area (Å²) in [7, 11) is 0. The van der Waals surface area contributed by atoms with Crippen molar-refractivity contribution >= 4 is 6.08 Å². The molecule has 3 aromatic rings. The molecule has 0 saturated carbocycles. The lowest BCUT2D eigenvalue weighted by Gasteiger charge is -2.11. The van der Waals surface area contributed by atoms with Crippen molar-refractivity contribution in [2.75, 3.05) is 13.3 Å². The molecule has 0 aliphatic rings. The van der Waals surface area contributed by atoms with Gasteiger partial charge < -0.3 is 4.74 Å². The number of rotatable bonds is 8. The van der Waals surface area contributed by atoms with Gasteiger partial charge in [0.15, 0.2) is 11.6 Å². The molecule has 0 spiro atoms. The van der Waals surface area contributed by atoms with E-state index < -0.39 is 17.5 Å². The normalized spacial score (nSPS) is 11.2. The van der Waals surface area contributed by atoms with Gasteiger partial charge in [0, 0.05) is 11.1 Å². The van der Waals surface area contributed by atoms with Crippen molar-refractivity contribution in [2.24, 2.45) is 0 Å². The van der Waals surface area contributed by atoms with Gasteiger partial charge in [0.25, 0.3) is 0 Å². The Kier molecular flexibility index (Phi) is 7.28. The fourth-order valence-corrected chi connectivity index (χ4v) is 3.13. The lowest BCUT2D eigenvalue weighted by atomic mass is 9.98. The number of unbranched alkanes of at least 4 members (excludes halogenated alkanes) is 1. The highest BCUT2D eigenvalue weighted by Crippen LogP contribution is 2.33. The number of hydrogen-bond acceptors (Lipinski definition) is 1. The minimum Gasteiger partial charge on any atom is -0.491 e. The molecule has 0 aromatic heterocycles. The standard InChI is InChI=1S/C25H22F4O/c1-2-30-23-14-13-21(24(28)25(23)29)19-11-12-20(22(27)16-19)18-9-7-17(8-10-18)6-4-3-5-15-26/h4,6-14,16H,2-3,5,15H2,1H3/b6-4+. The summed E-state index contributed by atoms with van der Waals surface area (Å²) in [6.45, 7) is 1.55. The predicted octanol–water partition coefficient (Wildman–Crippen LogP) is 7.60. The molecular weight excluding hydrogens is 392 g/mol. The highest BCUT2D eigenvalue weighted by Gasteiger charge is 2.17.